The summed E-state index contributed by atoms with van der Waals surface area (Å²) >= 11 is 0. The quantitative estimate of drug-likeness (QED) is 0.873. The summed E-state index contributed by atoms with van der Waals surface area (Å²) in [6.45, 7) is 3.94. The summed E-state index contributed by atoms with van der Waals surface area (Å²) in [5, 5.41) is 3.76. The van der Waals surface area contributed by atoms with Crippen molar-refractivity contribution in [3.63, 3.8) is 0 Å². The Labute approximate surface area is 99.6 Å². The minimum atomic E-state index is -0.0711. The lowest BCUT2D eigenvalue weighted by Gasteiger charge is -2.12. The SMILES string of the molecule is Cc1nc(COc2ccccc2[C@@H](C)N)no1. The molecule has 1 heterocycles. The minimum Gasteiger partial charge on any atom is -0.485 e. The molecule has 17 heavy (non-hydrogen) atoms. The highest BCUT2D eigenvalue weighted by molar-refractivity contribution is 5.35. The maximum absolute atomic E-state index is 5.86. The van der Waals surface area contributed by atoms with Crippen molar-refractivity contribution in [3.05, 3.63) is 41.5 Å². The number of aromatic nitrogens is 2. The van der Waals surface area contributed by atoms with E-state index < -0.39 is 0 Å². The van der Waals surface area contributed by atoms with Gasteiger partial charge in [0, 0.05) is 18.5 Å². The number of benzene rings is 1. The number of para-hydroxylation sites is 1. The van der Waals surface area contributed by atoms with Crippen LogP contribution in [0.5, 0.6) is 5.75 Å². The Balaban J connectivity index is 2.08. The van der Waals surface area contributed by atoms with E-state index in [1.165, 1.54) is 0 Å². The van der Waals surface area contributed by atoms with Gasteiger partial charge in [0.25, 0.3) is 0 Å². The van der Waals surface area contributed by atoms with Crippen LogP contribution < -0.4 is 10.5 Å². The van der Waals surface area contributed by atoms with E-state index in [4.69, 9.17) is 15.0 Å². The van der Waals surface area contributed by atoms with E-state index in [2.05, 4.69) is 10.1 Å². The molecule has 2 rings (SSSR count). The Kier molecular flexibility index (Phi) is 3.39. The number of aryl methyl sites for hydroxylation is 1. The van der Waals surface area contributed by atoms with Crippen molar-refractivity contribution >= 4 is 0 Å². The molecule has 0 saturated carbocycles. The van der Waals surface area contributed by atoms with Gasteiger partial charge in [0.05, 0.1) is 0 Å². The Hall–Kier alpha value is -1.88. The van der Waals surface area contributed by atoms with Crippen LogP contribution in [0.15, 0.2) is 28.8 Å². The monoisotopic (exact) mass is 233 g/mol. The lowest BCUT2D eigenvalue weighted by Crippen LogP contribution is -2.08. The van der Waals surface area contributed by atoms with Gasteiger partial charge in [-0.05, 0) is 13.0 Å². The number of ether oxygens (including phenoxy) is 1. The second-order valence-corrected chi connectivity index (χ2v) is 3.84. The fourth-order valence-corrected chi connectivity index (χ4v) is 1.53. The first-order valence-electron chi connectivity index (χ1n) is 5.43. The van der Waals surface area contributed by atoms with Crippen LogP contribution in [0.25, 0.3) is 0 Å². The van der Waals surface area contributed by atoms with Gasteiger partial charge >= 0.3 is 0 Å². The second kappa shape index (κ2) is 4.97. The van der Waals surface area contributed by atoms with Gasteiger partial charge in [-0.3, -0.25) is 0 Å². The third-order valence-electron chi connectivity index (χ3n) is 2.34. The molecule has 1 aromatic carbocycles. The zero-order valence-corrected chi connectivity index (χ0v) is 9.88. The molecule has 1 aromatic heterocycles. The highest BCUT2D eigenvalue weighted by atomic mass is 16.5. The first kappa shape index (κ1) is 11.6. The van der Waals surface area contributed by atoms with Gasteiger partial charge in [-0.15, -0.1) is 0 Å². The van der Waals surface area contributed by atoms with Crippen molar-refractivity contribution in [1.29, 1.82) is 0 Å². The fourth-order valence-electron chi connectivity index (χ4n) is 1.53. The van der Waals surface area contributed by atoms with Crippen LogP contribution in [0.4, 0.5) is 0 Å². The summed E-state index contributed by atoms with van der Waals surface area (Å²) in [7, 11) is 0. The highest BCUT2D eigenvalue weighted by Gasteiger charge is 2.09. The maximum Gasteiger partial charge on any atom is 0.223 e. The summed E-state index contributed by atoms with van der Waals surface area (Å²) in [5.41, 5.74) is 6.82. The van der Waals surface area contributed by atoms with Crippen LogP contribution in [-0.2, 0) is 6.61 Å². The van der Waals surface area contributed by atoms with Crippen LogP contribution in [0.2, 0.25) is 0 Å². The Morgan fingerprint density at radius 3 is 2.82 bits per heavy atom. The number of rotatable bonds is 4. The van der Waals surface area contributed by atoms with Gasteiger partial charge in [0.2, 0.25) is 11.7 Å². The van der Waals surface area contributed by atoms with Crippen molar-refractivity contribution < 1.29 is 9.26 Å². The molecule has 0 radical (unpaired) electrons. The molecule has 0 bridgehead atoms. The first-order valence-corrected chi connectivity index (χ1v) is 5.43. The molecule has 1 atom stereocenters. The molecule has 5 heteroatoms. The molecule has 0 aliphatic heterocycles. The molecular formula is C12H15N3O2. The van der Waals surface area contributed by atoms with Crippen molar-refractivity contribution in [2.24, 2.45) is 5.73 Å². The minimum absolute atomic E-state index is 0.0711. The largest absolute Gasteiger partial charge is 0.485 e. The van der Waals surface area contributed by atoms with Gasteiger partial charge in [-0.25, -0.2) is 0 Å². The maximum atomic E-state index is 5.86. The predicted octanol–water partition coefficient (Wildman–Crippen LogP) is 1.98. The van der Waals surface area contributed by atoms with Gasteiger partial charge in [-0.2, -0.15) is 4.98 Å². The summed E-state index contributed by atoms with van der Waals surface area (Å²) in [4.78, 5) is 4.07. The molecule has 0 unspecified atom stereocenters. The summed E-state index contributed by atoms with van der Waals surface area (Å²) in [6, 6.07) is 7.60. The van der Waals surface area contributed by atoms with Crippen molar-refractivity contribution in [3.8, 4) is 5.75 Å². The molecule has 5 nitrogen and oxygen atoms in total. The summed E-state index contributed by atoms with van der Waals surface area (Å²) < 4.78 is 10.5. The Morgan fingerprint density at radius 1 is 1.41 bits per heavy atom. The highest BCUT2D eigenvalue weighted by Crippen LogP contribution is 2.23. The van der Waals surface area contributed by atoms with Gasteiger partial charge in [0.1, 0.15) is 5.75 Å². The molecule has 0 saturated heterocycles. The molecule has 2 N–H and O–H groups in total. The third-order valence-corrected chi connectivity index (χ3v) is 2.34. The van der Waals surface area contributed by atoms with E-state index in [-0.39, 0.29) is 12.6 Å². The normalized spacial score (nSPS) is 12.4. The van der Waals surface area contributed by atoms with Gasteiger partial charge in [-0.1, -0.05) is 23.4 Å². The number of nitrogens with two attached hydrogens (primary N) is 1. The van der Waals surface area contributed by atoms with Crippen LogP contribution in [0, 0.1) is 6.92 Å². The van der Waals surface area contributed by atoms with Crippen LogP contribution in [-0.4, -0.2) is 10.1 Å². The second-order valence-electron chi connectivity index (χ2n) is 3.84. The van der Waals surface area contributed by atoms with E-state index in [0.717, 1.165) is 11.3 Å². The van der Waals surface area contributed by atoms with E-state index in [9.17, 15) is 0 Å². The molecule has 0 spiro atoms. The number of hydrogen-bond acceptors (Lipinski definition) is 5. The zero-order valence-electron chi connectivity index (χ0n) is 9.88. The van der Waals surface area contributed by atoms with Crippen molar-refractivity contribution in [2.75, 3.05) is 0 Å². The van der Waals surface area contributed by atoms with E-state index in [1.54, 1.807) is 6.92 Å². The summed E-state index contributed by atoms with van der Waals surface area (Å²) in [6.07, 6.45) is 0. The van der Waals surface area contributed by atoms with Crippen LogP contribution in [0.1, 0.15) is 30.2 Å². The number of nitrogens with zero attached hydrogens (tertiary/aromatic N) is 2. The molecule has 2 aromatic rings. The lowest BCUT2D eigenvalue weighted by atomic mass is 10.1. The fraction of sp³-hybridized carbons (Fsp3) is 0.333. The standard InChI is InChI=1S/C12H15N3O2/c1-8(13)10-5-3-4-6-11(10)16-7-12-14-9(2)17-15-12/h3-6,8H,7,13H2,1-2H3/t8-/m1/s1. The van der Waals surface area contributed by atoms with Crippen LogP contribution in [0.3, 0.4) is 0 Å². The molecule has 0 aliphatic rings. The van der Waals surface area contributed by atoms with E-state index in [1.807, 2.05) is 31.2 Å². The van der Waals surface area contributed by atoms with Crippen molar-refractivity contribution in [1.82, 2.24) is 10.1 Å². The molecule has 0 amide bonds. The number of hydrogen-bond donors (Lipinski definition) is 1. The average molecular weight is 233 g/mol. The average Bonchev–Trinajstić information content (AvgIpc) is 2.73. The first-order chi connectivity index (χ1) is 8.16. The Morgan fingerprint density at radius 2 is 2.18 bits per heavy atom. The summed E-state index contributed by atoms with van der Waals surface area (Å²) in [5.74, 6) is 1.82. The molecular weight excluding hydrogens is 218 g/mol. The van der Waals surface area contributed by atoms with Gasteiger partial charge < -0.3 is 15.0 Å². The molecule has 90 valence electrons. The topological polar surface area (TPSA) is 74.2 Å². The predicted molar refractivity (Wildman–Crippen MR) is 62.4 cm³/mol. The van der Waals surface area contributed by atoms with Crippen molar-refractivity contribution in [2.45, 2.75) is 26.5 Å². The lowest BCUT2D eigenvalue weighted by molar-refractivity contribution is 0.282. The van der Waals surface area contributed by atoms with E-state index >= 15 is 0 Å². The zero-order chi connectivity index (χ0) is 12.3. The van der Waals surface area contributed by atoms with E-state index in [0.29, 0.717) is 11.7 Å². The molecule has 0 fully saturated rings. The Bertz CT molecular complexity index is 494. The smallest absolute Gasteiger partial charge is 0.223 e. The van der Waals surface area contributed by atoms with Gasteiger partial charge in [0.15, 0.2) is 6.61 Å². The van der Waals surface area contributed by atoms with Crippen LogP contribution >= 0.6 is 0 Å². The third kappa shape index (κ3) is 2.82. The molecule has 0 aliphatic carbocycles.